The lowest BCUT2D eigenvalue weighted by Crippen LogP contribution is -2.38. The Balaban J connectivity index is 1.76. The molecule has 4 nitrogen and oxygen atoms in total. The summed E-state index contributed by atoms with van der Waals surface area (Å²) in [5, 5.41) is 0. The Morgan fingerprint density at radius 1 is 1.29 bits per heavy atom. The van der Waals surface area contributed by atoms with Crippen LogP contribution in [0.5, 0.6) is 0 Å². The molecule has 1 saturated heterocycles. The van der Waals surface area contributed by atoms with Crippen LogP contribution in [0.2, 0.25) is 0 Å². The van der Waals surface area contributed by atoms with Crippen LogP contribution in [-0.2, 0) is 27.2 Å². The molecule has 1 amide bonds. The molecule has 0 spiro atoms. The number of benzene rings is 1. The van der Waals surface area contributed by atoms with Crippen LogP contribution in [0.15, 0.2) is 24.3 Å². The molecular formula is C14H16F3NO3. The van der Waals surface area contributed by atoms with Gasteiger partial charge in [-0.2, -0.15) is 13.2 Å². The van der Waals surface area contributed by atoms with E-state index in [0.717, 1.165) is 25.0 Å². The van der Waals surface area contributed by atoms with Crippen molar-refractivity contribution in [3.05, 3.63) is 35.4 Å². The fraction of sp³-hybridized carbons (Fsp3) is 0.500. The molecule has 0 aliphatic carbocycles. The monoisotopic (exact) mass is 303 g/mol. The summed E-state index contributed by atoms with van der Waals surface area (Å²) >= 11 is 0. The van der Waals surface area contributed by atoms with Crippen molar-refractivity contribution < 1.29 is 27.5 Å². The molecule has 21 heavy (non-hydrogen) atoms. The van der Waals surface area contributed by atoms with Gasteiger partial charge in [0, 0.05) is 6.61 Å². The summed E-state index contributed by atoms with van der Waals surface area (Å²) in [5.41, 5.74) is 2.08. The second-order valence-corrected chi connectivity index (χ2v) is 4.80. The van der Waals surface area contributed by atoms with E-state index in [9.17, 15) is 18.0 Å². The maximum Gasteiger partial charge on any atom is 0.416 e. The molecule has 2 rings (SSSR count). The Bertz CT molecular complexity index is 467. The van der Waals surface area contributed by atoms with Crippen molar-refractivity contribution in [1.29, 1.82) is 0 Å². The second-order valence-electron chi connectivity index (χ2n) is 4.80. The first kappa shape index (κ1) is 15.8. The molecule has 1 aliphatic heterocycles. The lowest BCUT2D eigenvalue weighted by atomic mass is 10.1. The smallest absolute Gasteiger partial charge is 0.368 e. The van der Waals surface area contributed by atoms with Crippen LogP contribution in [0.1, 0.15) is 30.4 Å². The first-order valence-corrected chi connectivity index (χ1v) is 6.66. The molecule has 1 heterocycles. The lowest BCUT2D eigenvalue weighted by Gasteiger charge is -2.21. The van der Waals surface area contributed by atoms with Gasteiger partial charge in [-0.15, -0.1) is 0 Å². The Hall–Kier alpha value is -1.60. The minimum Gasteiger partial charge on any atom is -0.368 e. The van der Waals surface area contributed by atoms with E-state index < -0.39 is 17.8 Å². The average Bonchev–Trinajstić information content (AvgIpc) is 2.47. The molecule has 1 aromatic carbocycles. The third kappa shape index (κ3) is 4.71. The topological polar surface area (TPSA) is 47.6 Å². The maximum absolute atomic E-state index is 12.4. The van der Waals surface area contributed by atoms with Crippen molar-refractivity contribution in [3.8, 4) is 0 Å². The lowest BCUT2D eigenvalue weighted by molar-refractivity contribution is -0.149. The highest BCUT2D eigenvalue weighted by Crippen LogP contribution is 2.29. The molecule has 0 bridgehead atoms. The zero-order chi connectivity index (χ0) is 15.3. The van der Waals surface area contributed by atoms with Crippen molar-refractivity contribution >= 4 is 5.91 Å². The van der Waals surface area contributed by atoms with Gasteiger partial charge in [-0.1, -0.05) is 12.1 Å². The first-order chi connectivity index (χ1) is 9.97. The van der Waals surface area contributed by atoms with Gasteiger partial charge in [-0.3, -0.25) is 9.63 Å². The van der Waals surface area contributed by atoms with Crippen molar-refractivity contribution in [2.24, 2.45) is 0 Å². The van der Waals surface area contributed by atoms with Crippen LogP contribution in [0, 0.1) is 0 Å². The van der Waals surface area contributed by atoms with Gasteiger partial charge in [-0.25, -0.2) is 5.48 Å². The molecule has 0 aromatic heterocycles. The molecule has 116 valence electrons. The van der Waals surface area contributed by atoms with E-state index in [1.165, 1.54) is 12.1 Å². The van der Waals surface area contributed by atoms with Gasteiger partial charge in [0.2, 0.25) is 0 Å². The largest absolute Gasteiger partial charge is 0.416 e. The van der Waals surface area contributed by atoms with Crippen molar-refractivity contribution in [3.63, 3.8) is 0 Å². The zero-order valence-corrected chi connectivity index (χ0v) is 11.3. The summed E-state index contributed by atoms with van der Waals surface area (Å²) in [6.45, 7) is 0.549. The van der Waals surface area contributed by atoms with Gasteiger partial charge >= 0.3 is 6.18 Å². The fourth-order valence-corrected chi connectivity index (χ4v) is 1.99. The number of hydroxylamine groups is 1. The van der Waals surface area contributed by atoms with Gasteiger partial charge in [0.05, 0.1) is 12.2 Å². The van der Waals surface area contributed by atoms with Crippen molar-refractivity contribution in [2.75, 3.05) is 6.61 Å². The second kappa shape index (κ2) is 6.91. The third-order valence-corrected chi connectivity index (χ3v) is 3.16. The quantitative estimate of drug-likeness (QED) is 0.870. The summed E-state index contributed by atoms with van der Waals surface area (Å²) in [6, 6.07) is 4.58. The fourth-order valence-electron chi connectivity index (χ4n) is 1.99. The molecular weight excluding hydrogens is 287 g/mol. The Morgan fingerprint density at radius 3 is 2.57 bits per heavy atom. The minimum absolute atomic E-state index is 0.00338. The molecule has 1 N–H and O–H groups in total. The third-order valence-electron chi connectivity index (χ3n) is 3.16. The molecule has 1 aromatic rings. The summed E-state index contributed by atoms with van der Waals surface area (Å²) in [5.74, 6) is -0.360. The Labute approximate surface area is 120 Å². The molecule has 1 fully saturated rings. The number of halogens is 3. The van der Waals surface area contributed by atoms with Gasteiger partial charge in [-0.05, 0) is 37.0 Å². The zero-order valence-electron chi connectivity index (χ0n) is 11.3. The molecule has 0 radical (unpaired) electrons. The number of hydrogen-bond acceptors (Lipinski definition) is 3. The van der Waals surface area contributed by atoms with Gasteiger partial charge in [0.25, 0.3) is 5.91 Å². The number of hydrogen-bond donors (Lipinski definition) is 1. The van der Waals surface area contributed by atoms with Gasteiger partial charge in [0.1, 0.15) is 6.10 Å². The standard InChI is InChI=1S/C14H16F3NO3/c15-14(16,17)11-6-4-10(5-7-11)9-21-18-13(19)12-3-1-2-8-20-12/h4-7,12H,1-3,8-9H2,(H,18,19). The maximum atomic E-state index is 12.4. The van der Waals surface area contributed by atoms with Crippen LogP contribution < -0.4 is 5.48 Å². The van der Waals surface area contributed by atoms with E-state index in [1.807, 2.05) is 0 Å². The van der Waals surface area contributed by atoms with E-state index in [-0.39, 0.29) is 12.5 Å². The number of nitrogens with one attached hydrogen (secondary N) is 1. The molecule has 1 atom stereocenters. The molecule has 0 saturated carbocycles. The van der Waals surface area contributed by atoms with E-state index >= 15 is 0 Å². The highest BCUT2D eigenvalue weighted by molar-refractivity contribution is 5.79. The Morgan fingerprint density at radius 2 is 2.00 bits per heavy atom. The molecule has 1 unspecified atom stereocenters. The van der Waals surface area contributed by atoms with E-state index in [0.29, 0.717) is 18.6 Å². The summed E-state index contributed by atoms with van der Waals surface area (Å²) in [6.07, 6.45) is -2.35. The van der Waals surface area contributed by atoms with E-state index in [2.05, 4.69) is 5.48 Å². The van der Waals surface area contributed by atoms with Crippen LogP contribution in [-0.4, -0.2) is 18.6 Å². The van der Waals surface area contributed by atoms with Gasteiger partial charge < -0.3 is 4.74 Å². The number of alkyl halides is 3. The summed E-state index contributed by atoms with van der Waals surface area (Å²) in [4.78, 5) is 16.7. The van der Waals surface area contributed by atoms with Crippen LogP contribution in [0.25, 0.3) is 0 Å². The normalized spacial score (nSPS) is 19.3. The van der Waals surface area contributed by atoms with Crippen molar-refractivity contribution in [1.82, 2.24) is 5.48 Å². The molecule has 1 aliphatic rings. The number of carbonyl (C=O) groups is 1. The number of carbonyl (C=O) groups excluding carboxylic acids is 1. The van der Waals surface area contributed by atoms with Crippen LogP contribution >= 0.6 is 0 Å². The highest BCUT2D eigenvalue weighted by atomic mass is 19.4. The van der Waals surface area contributed by atoms with Crippen molar-refractivity contribution in [2.45, 2.75) is 38.1 Å². The highest BCUT2D eigenvalue weighted by Gasteiger charge is 2.29. The average molecular weight is 303 g/mol. The predicted molar refractivity (Wildman–Crippen MR) is 68.0 cm³/mol. The summed E-state index contributed by atoms with van der Waals surface area (Å²) in [7, 11) is 0. The number of rotatable bonds is 4. The minimum atomic E-state index is -4.36. The number of ether oxygens (including phenoxy) is 1. The SMILES string of the molecule is O=C(NOCc1ccc(C(F)(F)F)cc1)C1CCCCO1. The van der Waals surface area contributed by atoms with Crippen LogP contribution in [0.4, 0.5) is 13.2 Å². The predicted octanol–water partition coefficient (Wildman–Crippen LogP) is 2.82. The van der Waals surface area contributed by atoms with E-state index in [4.69, 9.17) is 9.57 Å². The van der Waals surface area contributed by atoms with Gasteiger partial charge in [0.15, 0.2) is 0 Å². The van der Waals surface area contributed by atoms with Crippen LogP contribution in [0.3, 0.4) is 0 Å². The Kier molecular flexibility index (Phi) is 5.19. The first-order valence-electron chi connectivity index (χ1n) is 6.66. The van der Waals surface area contributed by atoms with E-state index in [1.54, 1.807) is 0 Å². The summed E-state index contributed by atoms with van der Waals surface area (Å²) < 4.78 is 42.4. The molecule has 7 heteroatoms. The number of amides is 1.